The van der Waals surface area contributed by atoms with Gasteiger partial charge in [-0.15, -0.1) is 0 Å². The van der Waals surface area contributed by atoms with Crippen molar-refractivity contribution < 1.29 is 24.1 Å². The van der Waals surface area contributed by atoms with Crippen molar-refractivity contribution in [2.24, 2.45) is 0 Å². The third kappa shape index (κ3) is 3.64. The number of nitrogens with zero attached hydrogens (tertiary/aromatic N) is 2. The van der Waals surface area contributed by atoms with Crippen molar-refractivity contribution in [3.8, 4) is 28.6 Å². The Morgan fingerprint density at radius 3 is 2.77 bits per heavy atom. The normalized spacial score (nSPS) is 11.1. The molecular weight excluding hydrogens is 393 g/mol. The smallest absolute Gasteiger partial charge is 0.238 e. The summed E-state index contributed by atoms with van der Waals surface area (Å²) in [5.74, 6) is -2.48. The van der Waals surface area contributed by atoms with Crippen LogP contribution in [-0.2, 0) is 6.54 Å². The Balaban J connectivity index is 1.71. The molecule has 2 aromatic heterocycles. The van der Waals surface area contributed by atoms with E-state index in [-0.39, 0.29) is 28.0 Å². The Kier molecular flexibility index (Phi) is 5.01. The van der Waals surface area contributed by atoms with Gasteiger partial charge in [-0.05, 0) is 24.6 Å². The number of aryl methyl sites for hydroxylation is 1. The molecular formula is C21H18FN3O5. The molecule has 0 radical (unpaired) electrons. The Hall–Kier alpha value is -4.01. The lowest BCUT2D eigenvalue weighted by molar-refractivity contribution is 0.438. The third-order valence-electron chi connectivity index (χ3n) is 4.63. The van der Waals surface area contributed by atoms with Crippen LogP contribution in [0.4, 0.5) is 10.1 Å². The highest BCUT2D eigenvalue weighted by atomic mass is 19.1. The summed E-state index contributed by atoms with van der Waals surface area (Å²) in [6, 6.07) is 5.95. The molecule has 2 heterocycles. The minimum absolute atomic E-state index is 0.136. The third-order valence-corrected chi connectivity index (χ3v) is 4.63. The van der Waals surface area contributed by atoms with Gasteiger partial charge in [0.1, 0.15) is 28.3 Å². The highest BCUT2D eigenvalue weighted by Gasteiger charge is 2.21. The van der Waals surface area contributed by atoms with E-state index in [4.69, 9.17) is 4.42 Å². The van der Waals surface area contributed by atoms with Crippen LogP contribution in [-0.4, -0.2) is 31.4 Å². The van der Waals surface area contributed by atoms with E-state index in [1.807, 2.05) is 10.8 Å². The molecule has 0 aliphatic carbocycles. The van der Waals surface area contributed by atoms with Gasteiger partial charge in [-0.1, -0.05) is 0 Å². The van der Waals surface area contributed by atoms with Crippen LogP contribution in [0, 0.1) is 5.82 Å². The van der Waals surface area contributed by atoms with Crippen LogP contribution < -0.4 is 10.7 Å². The second kappa shape index (κ2) is 7.78. The molecule has 0 aliphatic heterocycles. The number of phenolic OH excluding ortho intramolecular Hbond substituents is 2. The van der Waals surface area contributed by atoms with Crippen molar-refractivity contribution in [2.75, 3.05) is 11.9 Å². The summed E-state index contributed by atoms with van der Waals surface area (Å²) >= 11 is 0. The first-order chi connectivity index (χ1) is 14.4. The van der Waals surface area contributed by atoms with Crippen LogP contribution in [0.15, 0.2) is 58.3 Å². The maximum absolute atomic E-state index is 14.0. The van der Waals surface area contributed by atoms with Crippen LogP contribution in [0.2, 0.25) is 0 Å². The summed E-state index contributed by atoms with van der Waals surface area (Å²) in [6.07, 6.45) is 5.97. The Labute approximate surface area is 169 Å². The highest BCUT2D eigenvalue weighted by Crippen LogP contribution is 2.38. The van der Waals surface area contributed by atoms with Crippen molar-refractivity contribution in [3.05, 3.63) is 65.1 Å². The topological polar surface area (TPSA) is 121 Å². The maximum atomic E-state index is 14.0. The quantitative estimate of drug-likeness (QED) is 0.359. The fourth-order valence-electron chi connectivity index (χ4n) is 3.22. The minimum Gasteiger partial charge on any atom is -0.508 e. The van der Waals surface area contributed by atoms with Crippen molar-refractivity contribution in [1.82, 2.24) is 9.55 Å². The number of nitrogens with one attached hydrogen (secondary N) is 1. The van der Waals surface area contributed by atoms with Gasteiger partial charge >= 0.3 is 0 Å². The van der Waals surface area contributed by atoms with Gasteiger partial charge in [0.2, 0.25) is 11.2 Å². The van der Waals surface area contributed by atoms with Gasteiger partial charge in [-0.25, -0.2) is 9.37 Å². The fourth-order valence-corrected chi connectivity index (χ4v) is 3.22. The molecule has 4 rings (SSSR count). The van der Waals surface area contributed by atoms with Gasteiger partial charge in [0.05, 0.1) is 6.33 Å². The first kappa shape index (κ1) is 19.3. The number of hydrogen-bond donors (Lipinski definition) is 4. The molecule has 4 aromatic rings. The molecule has 0 atom stereocenters. The molecule has 0 unspecified atom stereocenters. The zero-order chi connectivity index (χ0) is 21.3. The summed E-state index contributed by atoms with van der Waals surface area (Å²) in [5, 5.41) is 32.9. The first-order valence-corrected chi connectivity index (χ1v) is 9.15. The van der Waals surface area contributed by atoms with Crippen molar-refractivity contribution >= 4 is 16.7 Å². The number of benzene rings is 2. The molecule has 0 fully saturated rings. The average Bonchev–Trinajstić information content (AvgIpc) is 3.22. The molecule has 154 valence electrons. The van der Waals surface area contributed by atoms with Crippen LogP contribution in [0.1, 0.15) is 6.42 Å². The van der Waals surface area contributed by atoms with E-state index in [1.54, 1.807) is 12.5 Å². The van der Waals surface area contributed by atoms with Gasteiger partial charge in [-0.3, -0.25) is 4.79 Å². The molecule has 30 heavy (non-hydrogen) atoms. The lowest BCUT2D eigenvalue weighted by Crippen LogP contribution is -2.08. The average molecular weight is 411 g/mol. The molecule has 0 saturated heterocycles. The summed E-state index contributed by atoms with van der Waals surface area (Å²) < 4.78 is 21.5. The van der Waals surface area contributed by atoms with Crippen LogP contribution >= 0.6 is 0 Å². The number of imidazole rings is 1. The molecule has 0 aliphatic rings. The van der Waals surface area contributed by atoms with Gasteiger partial charge in [0.15, 0.2) is 5.76 Å². The monoisotopic (exact) mass is 411 g/mol. The molecule has 8 nitrogen and oxygen atoms in total. The Bertz CT molecular complexity index is 1270. The number of hydrogen-bond acceptors (Lipinski definition) is 7. The largest absolute Gasteiger partial charge is 0.508 e. The predicted molar refractivity (Wildman–Crippen MR) is 108 cm³/mol. The van der Waals surface area contributed by atoms with Crippen LogP contribution in [0.5, 0.6) is 17.2 Å². The van der Waals surface area contributed by atoms with Gasteiger partial charge in [0.25, 0.3) is 0 Å². The van der Waals surface area contributed by atoms with Gasteiger partial charge in [0, 0.05) is 48.9 Å². The number of halogens is 1. The molecule has 0 amide bonds. The number of rotatable bonds is 6. The number of phenols is 2. The highest BCUT2D eigenvalue weighted by molar-refractivity contribution is 5.89. The lowest BCUT2D eigenvalue weighted by atomic mass is 10.1. The molecule has 2 aromatic carbocycles. The maximum Gasteiger partial charge on any atom is 0.238 e. The van der Waals surface area contributed by atoms with Gasteiger partial charge in [-0.2, -0.15) is 0 Å². The summed E-state index contributed by atoms with van der Waals surface area (Å²) in [7, 11) is 0. The molecule has 4 N–H and O–H groups in total. The Morgan fingerprint density at radius 1 is 1.17 bits per heavy atom. The second-order valence-electron chi connectivity index (χ2n) is 6.72. The van der Waals surface area contributed by atoms with E-state index >= 15 is 0 Å². The van der Waals surface area contributed by atoms with E-state index in [1.165, 1.54) is 12.1 Å². The molecule has 0 saturated carbocycles. The minimum atomic E-state index is -0.890. The number of anilines is 1. The van der Waals surface area contributed by atoms with Crippen LogP contribution in [0.3, 0.4) is 0 Å². The molecule has 0 bridgehead atoms. The first-order valence-electron chi connectivity index (χ1n) is 9.15. The SMILES string of the molecule is O=c1c(O)c(-c2cc(F)ccc2NCCCn2ccnc2)oc2cc(O)cc(O)c12. The predicted octanol–water partition coefficient (Wildman–Crippen LogP) is 3.41. The van der Waals surface area contributed by atoms with Gasteiger partial charge < -0.3 is 29.6 Å². The fraction of sp³-hybridized carbons (Fsp3) is 0.143. The number of fused-ring (bicyclic) bond motifs is 1. The van der Waals surface area contributed by atoms with Crippen molar-refractivity contribution in [1.29, 1.82) is 0 Å². The number of aromatic nitrogens is 2. The summed E-state index contributed by atoms with van der Waals surface area (Å²) in [6.45, 7) is 1.25. The zero-order valence-electron chi connectivity index (χ0n) is 15.7. The van der Waals surface area contributed by atoms with Crippen molar-refractivity contribution in [2.45, 2.75) is 13.0 Å². The molecule has 0 spiro atoms. The number of aromatic hydroxyl groups is 3. The lowest BCUT2D eigenvalue weighted by Gasteiger charge is -2.14. The standard InChI is InChI=1S/C21H18FN3O5/c22-12-2-3-15(24-4-1-6-25-7-5-23-11-25)14(8-12)21-20(29)19(28)18-16(27)9-13(26)10-17(18)30-21/h2-3,5,7-11,24,26-27,29H,1,4,6H2. The Morgan fingerprint density at radius 2 is 2.00 bits per heavy atom. The summed E-state index contributed by atoms with van der Waals surface area (Å²) in [5.41, 5.74) is -0.444. The van der Waals surface area contributed by atoms with E-state index < -0.39 is 22.7 Å². The van der Waals surface area contributed by atoms with Crippen LogP contribution in [0.25, 0.3) is 22.3 Å². The molecule has 9 heteroatoms. The van der Waals surface area contributed by atoms with E-state index in [9.17, 15) is 24.5 Å². The van der Waals surface area contributed by atoms with E-state index in [0.717, 1.165) is 31.2 Å². The van der Waals surface area contributed by atoms with E-state index in [0.29, 0.717) is 12.2 Å². The van der Waals surface area contributed by atoms with E-state index in [2.05, 4.69) is 10.3 Å². The second-order valence-corrected chi connectivity index (χ2v) is 6.72. The zero-order valence-corrected chi connectivity index (χ0v) is 15.7. The van der Waals surface area contributed by atoms with Crippen molar-refractivity contribution in [3.63, 3.8) is 0 Å². The summed E-state index contributed by atoms with van der Waals surface area (Å²) in [4.78, 5) is 16.5.